The predicted octanol–water partition coefficient (Wildman–Crippen LogP) is 5.63. The van der Waals surface area contributed by atoms with Gasteiger partial charge < -0.3 is 19.5 Å². The smallest absolute Gasteiger partial charge is 0.322 e. The fourth-order valence-electron chi connectivity index (χ4n) is 5.00. The van der Waals surface area contributed by atoms with Gasteiger partial charge in [0.15, 0.2) is 0 Å². The number of halogens is 2. The molecule has 2 aliphatic rings. The highest BCUT2D eigenvalue weighted by atomic mass is 19.3. The number of ether oxygens (including phenoxy) is 1. The Morgan fingerprint density at radius 2 is 1.94 bits per heavy atom. The normalized spacial score (nSPS) is 18.0. The molecule has 7 nitrogen and oxygen atoms in total. The highest BCUT2D eigenvalue weighted by Crippen LogP contribution is 2.29. The fraction of sp³-hybridized carbons (Fsp3) is 0.654. The molecule has 2 heterocycles. The molecule has 192 valence electrons. The van der Waals surface area contributed by atoms with E-state index in [-0.39, 0.29) is 11.9 Å². The van der Waals surface area contributed by atoms with E-state index in [0.29, 0.717) is 24.1 Å². The van der Waals surface area contributed by atoms with Crippen LogP contribution < -0.4 is 15.0 Å². The Morgan fingerprint density at radius 1 is 1.20 bits per heavy atom. The molecule has 1 aliphatic heterocycles. The number of aryl methyl sites for hydroxylation is 1. The second-order valence-electron chi connectivity index (χ2n) is 9.99. The Morgan fingerprint density at radius 3 is 2.60 bits per heavy atom. The van der Waals surface area contributed by atoms with Crippen molar-refractivity contribution in [2.24, 2.45) is 5.92 Å². The number of rotatable bonds is 9. The van der Waals surface area contributed by atoms with Gasteiger partial charge in [-0.2, -0.15) is 13.8 Å². The van der Waals surface area contributed by atoms with Crippen LogP contribution in [0.5, 0.6) is 5.75 Å². The van der Waals surface area contributed by atoms with E-state index in [1.54, 1.807) is 0 Å². The van der Waals surface area contributed by atoms with Crippen LogP contribution in [0.1, 0.15) is 86.5 Å². The van der Waals surface area contributed by atoms with Crippen molar-refractivity contribution in [2.45, 2.75) is 83.6 Å². The van der Waals surface area contributed by atoms with Crippen molar-refractivity contribution in [3.05, 3.63) is 35.2 Å². The zero-order valence-corrected chi connectivity index (χ0v) is 20.7. The van der Waals surface area contributed by atoms with Gasteiger partial charge >= 0.3 is 5.92 Å². The lowest BCUT2D eigenvalue weighted by Crippen LogP contribution is -2.36. The topological polar surface area (TPSA) is 80.5 Å². The molecule has 2 fully saturated rings. The van der Waals surface area contributed by atoms with Gasteiger partial charge in [0.25, 0.3) is 17.7 Å². The number of hydrogen-bond donors (Lipinski definition) is 1. The summed E-state index contributed by atoms with van der Waals surface area (Å²) in [7, 11) is 0. The predicted molar refractivity (Wildman–Crippen MR) is 129 cm³/mol. The fourth-order valence-corrected chi connectivity index (χ4v) is 5.00. The number of aromatic nitrogens is 2. The van der Waals surface area contributed by atoms with Crippen molar-refractivity contribution < 1.29 is 22.8 Å². The summed E-state index contributed by atoms with van der Waals surface area (Å²) in [6.45, 7) is 4.77. The first kappa shape index (κ1) is 25.4. The van der Waals surface area contributed by atoms with Crippen LogP contribution in [0.4, 0.5) is 14.7 Å². The maximum Gasteiger partial charge on any atom is 0.322 e. The molecule has 0 radical (unpaired) electrons. The SMILES string of the molecule is Cc1cc(OCCCC2CCN(c3noc(C(C)(F)F)n3)CC2)ccc1C(=O)NC1CCCCC1. The van der Waals surface area contributed by atoms with Gasteiger partial charge in [-0.1, -0.05) is 19.3 Å². The largest absolute Gasteiger partial charge is 0.494 e. The molecule has 9 heteroatoms. The van der Waals surface area contributed by atoms with E-state index in [2.05, 4.69) is 15.5 Å². The Hall–Kier alpha value is -2.71. The third-order valence-electron chi connectivity index (χ3n) is 7.10. The lowest BCUT2D eigenvalue weighted by atomic mass is 9.92. The van der Waals surface area contributed by atoms with Crippen molar-refractivity contribution in [1.29, 1.82) is 0 Å². The second-order valence-corrected chi connectivity index (χ2v) is 9.99. The summed E-state index contributed by atoms with van der Waals surface area (Å²) in [6, 6.07) is 5.97. The van der Waals surface area contributed by atoms with Crippen LogP contribution >= 0.6 is 0 Å². The number of nitrogens with one attached hydrogen (secondary N) is 1. The molecule has 2 aromatic rings. The number of piperidine rings is 1. The van der Waals surface area contributed by atoms with Crippen LogP contribution in [-0.2, 0) is 5.92 Å². The molecule has 35 heavy (non-hydrogen) atoms. The summed E-state index contributed by atoms with van der Waals surface area (Å²) in [5.74, 6) is -2.17. The zero-order chi connectivity index (χ0) is 24.8. The molecular formula is C26H36F2N4O3. The molecule has 4 rings (SSSR count). The molecule has 1 saturated heterocycles. The molecule has 1 aromatic carbocycles. The monoisotopic (exact) mass is 490 g/mol. The van der Waals surface area contributed by atoms with Gasteiger partial charge in [0.05, 0.1) is 6.61 Å². The summed E-state index contributed by atoms with van der Waals surface area (Å²) < 4.78 is 37.3. The van der Waals surface area contributed by atoms with Crippen molar-refractivity contribution in [1.82, 2.24) is 15.5 Å². The third-order valence-corrected chi connectivity index (χ3v) is 7.10. The minimum atomic E-state index is -3.12. The van der Waals surface area contributed by atoms with Gasteiger partial charge in [-0.05, 0) is 80.3 Å². The van der Waals surface area contributed by atoms with Crippen molar-refractivity contribution >= 4 is 11.9 Å². The first-order chi connectivity index (χ1) is 16.8. The van der Waals surface area contributed by atoms with E-state index >= 15 is 0 Å². The van der Waals surface area contributed by atoms with Gasteiger partial charge in [0, 0.05) is 31.6 Å². The number of benzene rings is 1. The van der Waals surface area contributed by atoms with E-state index < -0.39 is 11.8 Å². The molecular weight excluding hydrogens is 454 g/mol. The number of anilines is 1. The number of alkyl halides is 2. The van der Waals surface area contributed by atoms with Gasteiger partial charge in [0.1, 0.15) is 5.75 Å². The maximum atomic E-state index is 13.3. The number of amides is 1. The van der Waals surface area contributed by atoms with Crippen LogP contribution in [0.15, 0.2) is 22.7 Å². The summed E-state index contributed by atoms with van der Waals surface area (Å²) >= 11 is 0. The minimum absolute atomic E-state index is 0.00717. The van der Waals surface area contributed by atoms with E-state index in [4.69, 9.17) is 9.26 Å². The quantitative estimate of drug-likeness (QED) is 0.459. The molecule has 0 bridgehead atoms. The van der Waals surface area contributed by atoms with Gasteiger partial charge in [-0.25, -0.2) is 0 Å². The summed E-state index contributed by atoms with van der Waals surface area (Å²) in [5.41, 5.74) is 1.64. The third kappa shape index (κ3) is 6.92. The Balaban J connectivity index is 1.16. The molecule has 0 unspecified atom stereocenters. The summed E-state index contributed by atoms with van der Waals surface area (Å²) in [5, 5.41) is 6.88. The first-order valence-electron chi connectivity index (χ1n) is 12.8. The highest BCUT2D eigenvalue weighted by Gasteiger charge is 2.33. The van der Waals surface area contributed by atoms with Crippen LogP contribution in [0.3, 0.4) is 0 Å². The van der Waals surface area contributed by atoms with Crippen molar-refractivity contribution in [2.75, 3.05) is 24.6 Å². The first-order valence-corrected chi connectivity index (χ1v) is 12.8. The molecule has 1 aliphatic carbocycles. The zero-order valence-electron chi connectivity index (χ0n) is 20.7. The number of carbonyl (C=O) groups excluding carboxylic acids is 1. The number of nitrogens with zero attached hydrogens (tertiary/aromatic N) is 3. The van der Waals surface area contributed by atoms with Gasteiger partial charge in [0.2, 0.25) is 0 Å². The molecule has 1 saturated carbocycles. The molecule has 0 atom stereocenters. The van der Waals surface area contributed by atoms with Crippen LogP contribution in [0, 0.1) is 12.8 Å². The number of carbonyl (C=O) groups is 1. The molecule has 0 spiro atoms. The van der Waals surface area contributed by atoms with Gasteiger partial charge in [-0.3, -0.25) is 4.79 Å². The Kier molecular flexibility index (Phi) is 8.23. The second kappa shape index (κ2) is 11.4. The standard InChI is InChI=1S/C26H36F2N4O3/c1-18-17-21(10-11-22(18)23(33)29-20-8-4-3-5-9-20)34-16-6-7-19-12-14-32(15-13-19)25-30-24(35-31-25)26(2,27)28/h10-11,17,19-20H,3-9,12-16H2,1-2H3,(H,29,33). The van der Waals surface area contributed by atoms with Crippen LogP contribution in [0.25, 0.3) is 0 Å². The van der Waals surface area contributed by atoms with E-state index in [1.807, 2.05) is 30.0 Å². The van der Waals surface area contributed by atoms with E-state index in [1.165, 1.54) is 19.3 Å². The molecule has 1 amide bonds. The van der Waals surface area contributed by atoms with Crippen LogP contribution in [0.2, 0.25) is 0 Å². The average Bonchev–Trinajstić information content (AvgIpc) is 3.34. The lowest BCUT2D eigenvalue weighted by Gasteiger charge is -2.30. The molecule has 1 aromatic heterocycles. The van der Waals surface area contributed by atoms with Crippen molar-refractivity contribution in [3.63, 3.8) is 0 Å². The minimum Gasteiger partial charge on any atom is -0.494 e. The number of hydrogen-bond acceptors (Lipinski definition) is 6. The summed E-state index contributed by atoms with van der Waals surface area (Å²) in [4.78, 5) is 18.4. The Bertz CT molecular complexity index is 977. The van der Waals surface area contributed by atoms with Crippen LogP contribution in [-0.4, -0.2) is 41.8 Å². The van der Waals surface area contributed by atoms with E-state index in [0.717, 1.165) is 69.9 Å². The van der Waals surface area contributed by atoms with E-state index in [9.17, 15) is 13.6 Å². The van der Waals surface area contributed by atoms with Crippen molar-refractivity contribution in [3.8, 4) is 5.75 Å². The summed E-state index contributed by atoms with van der Waals surface area (Å²) in [6.07, 6.45) is 9.67. The maximum absolute atomic E-state index is 13.3. The lowest BCUT2D eigenvalue weighted by molar-refractivity contribution is -0.0158. The highest BCUT2D eigenvalue weighted by molar-refractivity contribution is 5.96. The average molecular weight is 491 g/mol. The van der Waals surface area contributed by atoms with Gasteiger partial charge in [-0.15, -0.1) is 0 Å². The molecule has 1 N–H and O–H groups in total. The Labute approximate surface area is 205 Å².